The third-order valence-corrected chi connectivity index (χ3v) is 3.34. The lowest BCUT2D eigenvalue weighted by Crippen LogP contribution is -2.30. The number of benzene rings is 1. The van der Waals surface area contributed by atoms with Gasteiger partial charge in [-0.3, -0.25) is 4.90 Å². The van der Waals surface area contributed by atoms with E-state index in [1.807, 2.05) is 0 Å². The maximum Gasteiger partial charge on any atom is 0.0385 e. The normalized spacial score (nSPS) is 19.1. The van der Waals surface area contributed by atoms with Crippen LogP contribution in [-0.4, -0.2) is 24.5 Å². The van der Waals surface area contributed by atoms with Crippen molar-refractivity contribution in [1.82, 2.24) is 10.2 Å². The zero-order chi connectivity index (χ0) is 12.3. The van der Waals surface area contributed by atoms with Gasteiger partial charge < -0.3 is 11.1 Å². The van der Waals surface area contributed by atoms with Crippen molar-refractivity contribution < 1.29 is 0 Å². The predicted molar refractivity (Wildman–Crippen MR) is 71.5 cm³/mol. The van der Waals surface area contributed by atoms with Gasteiger partial charge in [0.25, 0.3) is 0 Å². The number of nitrogens with zero attached hydrogens (tertiary/aromatic N) is 1. The summed E-state index contributed by atoms with van der Waals surface area (Å²) in [4.78, 5) is 2.43. The molecule has 0 radical (unpaired) electrons. The average Bonchev–Trinajstić information content (AvgIpc) is 2.64. The van der Waals surface area contributed by atoms with E-state index in [0.29, 0.717) is 12.6 Å². The Kier molecular flexibility index (Phi) is 3.82. The van der Waals surface area contributed by atoms with Gasteiger partial charge >= 0.3 is 0 Å². The molecule has 0 aromatic heterocycles. The fourth-order valence-corrected chi connectivity index (χ4v) is 2.38. The van der Waals surface area contributed by atoms with Crippen LogP contribution in [0.3, 0.4) is 0 Å². The molecule has 1 aromatic rings. The molecular formula is C14H21N3. The molecule has 0 saturated carbocycles. The molecule has 1 atom stereocenters. The Hall–Kier alpha value is -1.32. The van der Waals surface area contributed by atoms with E-state index < -0.39 is 0 Å². The highest BCUT2D eigenvalue weighted by Crippen LogP contribution is 2.32. The minimum atomic E-state index is 0.475. The predicted octanol–water partition coefficient (Wildman–Crippen LogP) is 1.63. The molecule has 0 fully saturated rings. The minimum Gasteiger partial charge on any atom is -0.387 e. The van der Waals surface area contributed by atoms with Gasteiger partial charge in [0.15, 0.2) is 0 Å². The van der Waals surface area contributed by atoms with Crippen molar-refractivity contribution in [3.63, 3.8) is 0 Å². The number of hydrogen-bond acceptors (Lipinski definition) is 3. The number of hydrogen-bond donors (Lipinski definition) is 2. The lowest BCUT2D eigenvalue weighted by molar-refractivity contribution is 0.246. The number of fused-ring (bicyclic) bond motifs is 1. The Morgan fingerprint density at radius 1 is 1.53 bits per heavy atom. The highest BCUT2D eigenvalue weighted by molar-refractivity contribution is 5.33. The average molecular weight is 231 g/mol. The summed E-state index contributed by atoms with van der Waals surface area (Å²) in [6, 6.07) is 9.12. The zero-order valence-corrected chi connectivity index (χ0v) is 10.4. The Balaban J connectivity index is 1.96. The van der Waals surface area contributed by atoms with Gasteiger partial charge in [-0.25, -0.2) is 0 Å². The van der Waals surface area contributed by atoms with Crippen molar-refractivity contribution in [1.29, 1.82) is 0 Å². The summed E-state index contributed by atoms with van der Waals surface area (Å²) in [7, 11) is 0. The van der Waals surface area contributed by atoms with Gasteiger partial charge in [-0.15, -0.1) is 0 Å². The molecule has 0 amide bonds. The quantitative estimate of drug-likeness (QED) is 0.809. The van der Waals surface area contributed by atoms with Crippen LogP contribution in [0, 0.1) is 0 Å². The molecule has 3 heteroatoms. The molecule has 92 valence electrons. The molecule has 0 aliphatic carbocycles. The Bertz CT molecular complexity index is 400. The highest BCUT2D eigenvalue weighted by atomic mass is 15.2. The van der Waals surface area contributed by atoms with E-state index in [1.165, 1.54) is 11.1 Å². The van der Waals surface area contributed by atoms with Gasteiger partial charge in [0, 0.05) is 37.9 Å². The van der Waals surface area contributed by atoms with Gasteiger partial charge in [-0.05, 0) is 18.1 Å². The summed E-state index contributed by atoms with van der Waals surface area (Å²) in [6.07, 6.45) is 0. The van der Waals surface area contributed by atoms with E-state index in [-0.39, 0.29) is 0 Å². The fourth-order valence-electron chi connectivity index (χ4n) is 2.38. The Morgan fingerprint density at radius 3 is 3.00 bits per heavy atom. The second-order valence-electron chi connectivity index (χ2n) is 4.60. The van der Waals surface area contributed by atoms with E-state index in [1.54, 1.807) is 0 Å². The summed E-state index contributed by atoms with van der Waals surface area (Å²) < 4.78 is 0. The molecule has 2 rings (SSSR count). The van der Waals surface area contributed by atoms with Crippen molar-refractivity contribution in [2.75, 3.05) is 19.6 Å². The first-order valence-electron chi connectivity index (χ1n) is 6.16. The fraction of sp³-hybridized carbons (Fsp3) is 0.429. The number of nitrogens with two attached hydrogens (primary N) is 1. The monoisotopic (exact) mass is 231 g/mol. The SMILES string of the molecule is C=C(CN1Cc2ccccc2C1C)NCCN. The molecule has 1 heterocycles. The van der Waals surface area contributed by atoms with Gasteiger partial charge in [0.1, 0.15) is 0 Å². The first-order valence-corrected chi connectivity index (χ1v) is 6.16. The highest BCUT2D eigenvalue weighted by Gasteiger charge is 2.25. The third kappa shape index (κ3) is 2.68. The second-order valence-corrected chi connectivity index (χ2v) is 4.60. The summed E-state index contributed by atoms with van der Waals surface area (Å²) in [5.41, 5.74) is 9.40. The summed E-state index contributed by atoms with van der Waals surface area (Å²) in [6.45, 7) is 9.64. The van der Waals surface area contributed by atoms with Crippen LogP contribution in [0.5, 0.6) is 0 Å². The summed E-state index contributed by atoms with van der Waals surface area (Å²) >= 11 is 0. The van der Waals surface area contributed by atoms with E-state index in [4.69, 9.17) is 5.73 Å². The second kappa shape index (κ2) is 5.34. The van der Waals surface area contributed by atoms with Crippen molar-refractivity contribution in [3.05, 3.63) is 47.7 Å². The maximum absolute atomic E-state index is 5.46. The van der Waals surface area contributed by atoms with Gasteiger partial charge in [0.2, 0.25) is 0 Å². The smallest absolute Gasteiger partial charge is 0.0385 e. The molecule has 1 aromatic carbocycles. The van der Waals surface area contributed by atoms with Crippen LogP contribution in [0.1, 0.15) is 24.1 Å². The molecular weight excluding hydrogens is 210 g/mol. The maximum atomic E-state index is 5.46. The lowest BCUT2D eigenvalue weighted by Gasteiger charge is -2.23. The van der Waals surface area contributed by atoms with E-state index in [2.05, 4.69) is 48.0 Å². The van der Waals surface area contributed by atoms with Crippen LogP contribution < -0.4 is 11.1 Å². The minimum absolute atomic E-state index is 0.475. The first kappa shape index (κ1) is 12.1. The molecule has 17 heavy (non-hydrogen) atoms. The van der Waals surface area contributed by atoms with Gasteiger partial charge in [-0.1, -0.05) is 30.8 Å². The third-order valence-electron chi connectivity index (χ3n) is 3.34. The lowest BCUT2D eigenvalue weighted by atomic mass is 10.1. The van der Waals surface area contributed by atoms with Crippen LogP contribution in [0.25, 0.3) is 0 Å². The van der Waals surface area contributed by atoms with E-state index >= 15 is 0 Å². The van der Waals surface area contributed by atoms with Crippen LogP contribution >= 0.6 is 0 Å². The van der Waals surface area contributed by atoms with E-state index in [9.17, 15) is 0 Å². The number of nitrogens with one attached hydrogen (secondary N) is 1. The zero-order valence-electron chi connectivity index (χ0n) is 10.4. The molecule has 1 aliphatic heterocycles. The first-order chi connectivity index (χ1) is 8.22. The summed E-state index contributed by atoms with van der Waals surface area (Å²) in [5, 5.41) is 3.25. The number of rotatable bonds is 5. The molecule has 1 unspecified atom stereocenters. The van der Waals surface area contributed by atoms with Crippen molar-refractivity contribution in [3.8, 4) is 0 Å². The van der Waals surface area contributed by atoms with Gasteiger partial charge in [0.05, 0.1) is 0 Å². The standard InChI is InChI=1S/C14H21N3/c1-11(16-8-7-15)9-17-10-13-5-3-4-6-14(13)12(17)2/h3-6,12,16H,1,7-10,15H2,2H3. The summed E-state index contributed by atoms with van der Waals surface area (Å²) in [5.74, 6) is 0. The molecule has 3 nitrogen and oxygen atoms in total. The Morgan fingerprint density at radius 2 is 2.29 bits per heavy atom. The van der Waals surface area contributed by atoms with Crippen LogP contribution in [0.2, 0.25) is 0 Å². The van der Waals surface area contributed by atoms with Crippen molar-refractivity contribution >= 4 is 0 Å². The molecule has 1 aliphatic rings. The van der Waals surface area contributed by atoms with E-state index in [0.717, 1.165) is 25.3 Å². The molecule has 0 bridgehead atoms. The van der Waals surface area contributed by atoms with Crippen LogP contribution in [0.15, 0.2) is 36.5 Å². The van der Waals surface area contributed by atoms with Crippen LogP contribution in [-0.2, 0) is 6.54 Å². The Labute approximate surface area is 103 Å². The largest absolute Gasteiger partial charge is 0.387 e. The van der Waals surface area contributed by atoms with Gasteiger partial charge in [-0.2, -0.15) is 0 Å². The van der Waals surface area contributed by atoms with Crippen molar-refractivity contribution in [2.45, 2.75) is 19.5 Å². The topological polar surface area (TPSA) is 41.3 Å². The molecule has 0 spiro atoms. The molecule has 0 saturated heterocycles. The van der Waals surface area contributed by atoms with Crippen molar-refractivity contribution in [2.24, 2.45) is 5.73 Å². The van der Waals surface area contributed by atoms with Crippen LogP contribution in [0.4, 0.5) is 0 Å². The molecule has 3 N–H and O–H groups in total.